The molecule has 6 nitrogen and oxygen atoms in total. The van der Waals surface area contributed by atoms with Crippen molar-refractivity contribution in [1.82, 2.24) is 15.2 Å². The van der Waals surface area contributed by atoms with Crippen molar-refractivity contribution < 1.29 is 9.21 Å². The lowest BCUT2D eigenvalue weighted by Gasteiger charge is -2.02. The predicted octanol–water partition coefficient (Wildman–Crippen LogP) is 4.59. The minimum atomic E-state index is -0.339. The van der Waals surface area contributed by atoms with Crippen molar-refractivity contribution in [1.29, 1.82) is 0 Å². The summed E-state index contributed by atoms with van der Waals surface area (Å²) in [6.45, 7) is 3.64. The van der Waals surface area contributed by atoms with Crippen molar-refractivity contribution in [2.75, 3.05) is 0 Å². The highest BCUT2D eigenvalue weighted by Gasteiger charge is 2.18. The summed E-state index contributed by atoms with van der Waals surface area (Å²) in [5, 5.41) is 8.84. The van der Waals surface area contributed by atoms with Crippen LogP contribution in [0, 0.1) is 6.92 Å². The summed E-state index contributed by atoms with van der Waals surface area (Å²) >= 11 is 0. The summed E-state index contributed by atoms with van der Waals surface area (Å²) in [5.74, 6) is 1.07. The molecule has 0 radical (unpaired) electrons. The van der Waals surface area contributed by atoms with E-state index in [1.807, 2.05) is 79.7 Å². The van der Waals surface area contributed by atoms with Gasteiger partial charge in [0, 0.05) is 11.8 Å². The number of benzene rings is 2. The molecule has 0 unspecified atom stereocenters. The molecule has 4 aromatic rings. The smallest absolute Gasteiger partial charge is 0.275 e. The van der Waals surface area contributed by atoms with E-state index in [-0.39, 0.29) is 5.91 Å². The van der Waals surface area contributed by atoms with Crippen molar-refractivity contribution in [2.24, 2.45) is 5.10 Å². The molecule has 0 bridgehead atoms. The second-order valence-corrected chi connectivity index (χ2v) is 6.59. The van der Waals surface area contributed by atoms with E-state index in [1.165, 1.54) is 0 Å². The van der Waals surface area contributed by atoms with E-state index in [1.54, 1.807) is 17.8 Å². The summed E-state index contributed by atoms with van der Waals surface area (Å²) in [6, 6.07) is 23.0. The number of amides is 1. The number of nitrogens with one attached hydrogen (secondary N) is 1. The Morgan fingerprint density at radius 1 is 1.00 bits per heavy atom. The van der Waals surface area contributed by atoms with Crippen molar-refractivity contribution >= 4 is 11.6 Å². The molecule has 2 aromatic heterocycles. The molecule has 0 aliphatic carbocycles. The molecule has 0 fully saturated rings. The zero-order chi connectivity index (χ0) is 20.2. The molecular weight excluding hydrogens is 364 g/mol. The molecule has 0 aliphatic rings. The Hall–Kier alpha value is -3.93. The van der Waals surface area contributed by atoms with Gasteiger partial charge >= 0.3 is 0 Å². The van der Waals surface area contributed by atoms with Crippen molar-refractivity contribution in [3.05, 3.63) is 96.1 Å². The number of nitrogens with zero attached hydrogens (tertiary/aromatic N) is 3. The second-order valence-electron chi connectivity index (χ2n) is 6.59. The van der Waals surface area contributed by atoms with Gasteiger partial charge in [0.1, 0.15) is 22.9 Å². The number of furan rings is 1. The highest BCUT2D eigenvalue weighted by molar-refractivity contribution is 6.02. The van der Waals surface area contributed by atoms with Gasteiger partial charge in [0.25, 0.3) is 5.91 Å². The third-order valence-electron chi connectivity index (χ3n) is 4.45. The van der Waals surface area contributed by atoms with Gasteiger partial charge in [-0.2, -0.15) is 10.2 Å². The Kier molecular flexibility index (Phi) is 5.07. The third-order valence-corrected chi connectivity index (χ3v) is 4.45. The Bertz CT molecular complexity index is 1160. The van der Waals surface area contributed by atoms with E-state index in [9.17, 15) is 4.79 Å². The molecule has 0 saturated carbocycles. The van der Waals surface area contributed by atoms with Gasteiger partial charge in [0.15, 0.2) is 0 Å². The molecule has 0 atom stereocenters. The molecule has 4 rings (SSSR count). The average molecular weight is 384 g/mol. The Morgan fingerprint density at radius 3 is 2.34 bits per heavy atom. The molecule has 6 heteroatoms. The van der Waals surface area contributed by atoms with E-state index in [0.29, 0.717) is 22.7 Å². The van der Waals surface area contributed by atoms with Gasteiger partial charge in [-0.3, -0.25) is 4.79 Å². The SMILES string of the molecule is C/C(=N/NC(=O)c1cn(-c2ccccc2)nc1-c1ccccc1)c1ccc(C)o1. The van der Waals surface area contributed by atoms with E-state index in [2.05, 4.69) is 15.6 Å². The van der Waals surface area contributed by atoms with Crippen LogP contribution in [0.3, 0.4) is 0 Å². The van der Waals surface area contributed by atoms with Gasteiger partial charge in [-0.15, -0.1) is 0 Å². The Labute approximate surface area is 168 Å². The highest BCUT2D eigenvalue weighted by Crippen LogP contribution is 2.23. The average Bonchev–Trinajstić information content (AvgIpc) is 3.40. The first-order chi connectivity index (χ1) is 14.1. The topological polar surface area (TPSA) is 72.4 Å². The van der Waals surface area contributed by atoms with E-state index in [4.69, 9.17) is 4.42 Å². The van der Waals surface area contributed by atoms with Crippen molar-refractivity contribution in [2.45, 2.75) is 13.8 Å². The molecule has 144 valence electrons. The summed E-state index contributed by atoms with van der Waals surface area (Å²) in [5.41, 5.74) is 5.96. The van der Waals surface area contributed by atoms with Crippen LogP contribution in [-0.4, -0.2) is 21.4 Å². The van der Waals surface area contributed by atoms with Crippen LogP contribution in [0.25, 0.3) is 16.9 Å². The number of hydrogen-bond acceptors (Lipinski definition) is 4. The molecule has 1 N–H and O–H groups in total. The monoisotopic (exact) mass is 384 g/mol. The number of para-hydroxylation sites is 1. The lowest BCUT2D eigenvalue weighted by atomic mass is 10.1. The number of carbonyl (C=O) groups is 1. The van der Waals surface area contributed by atoms with Gasteiger partial charge in [-0.1, -0.05) is 48.5 Å². The fourth-order valence-electron chi connectivity index (χ4n) is 2.94. The van der Waals surface area contributed by atoms with Crippen molar-refractivity contribution in [3.8, 4) is 16.9 Å². The molecule has 1 amide bonds. The molecule has 0 aliphatic heterocycles. The first kappa shape index (κ1) is 18.4. The Balaban J connectivity index is 1.68. The minimum absolute atomic E-state index is 0.339. The quantitative estimate of drug-likeness (QED) is 0.404. The molecule has 0 saturated heterocycles. The first-order valence-electron chi connectivity index (χ1n) is 9.24. The maximum atomic E-state index is 12.9. The number of hydrazone groups is 1. The summed E-state index contributed by atoms with van der Waals surface area (Å²) < 4.78 is 7.24. The first-order valence-corrected chi connectivity index (χ1v) is 9.24. The summed E-state index contributed by atoms with van der Waals surface area (Å²) in [7, 11) is 0. The largest absolute Gasteiger partial charge is 0.460 e. The second kappa shape index (κ2) is 7.98. The van der Waals surface area contributed by atoms with Crippen LogP contribution in [0.5, 0.6) is 0 Å². The van der Waals surface area contributed by atoms with Crippen LogP contribution >= 0.6 is 0 Å². The van der Waals surface area contributed by atoms with Crippen LogP contribution in [-0.2, 0) is 0 Å². The highest BCUT2D eigenvalue weighted by atomic mass is 16.3. The maximum Gasteiger partial charge on any atom is 0.275 e. The summed E-state index contributed by atoms with van der Waals surface area (Å²) in [4.78, 5) is 12.9. The van der Waals surface area contributed by atoms with Crippen LogP contribution in [0.4, 0.5) is 0 Å². The van der Waals surface area contributed by atoms with Crippen LogP contribution in [0.1, 0.15) is 28.8 Å². The number of aromatic nitrogens is 2. The number of rotatable bonds is 5. The fraction of sp³-hybridized carbons (Fsp3) is 0.0870. The lowest BCUT2D eigenvalue weighted by molar-refractivity contribution is 0.0955. The molecular formula is C23H20N4O2. The van der Waals surface area contributed by atoms with E-state index < -0.39 is 0 Å². The van der Waals surface area contributed by atoms with Gasteiger partial charge in [-0.05, 0) is 38.1 Å². The van der Waals surface area contributed by atoms with Gasteiger partial charge in [0.2, 0.25) is 0 Å². The lowest BCUT2D eigenvalue weighted by Crippen LogP contribution is -2.19. The normalized spacial score (nSPS) is 11.4. The van der Waals surface area contributed by atoms with Crippen LogP contribution in [0.2, 0.25) is 0 Å². The molecule has 2 aromatic carbocycles. The maximum absolute atomic E-state index is 12.9. The summed E-state index contributed by atoms with van der Waals surface area (Å²) in [6.07, 6.45) is 1.72. The van der Waals surface area contributed by atoms with E-state index in [0.717, 1.165) is 17.0 Å². The molecule has 0 spiro atoms. The Morgan fingerprint density at radius 2 is 1.69 bits per heavy atom. The van der Waals surface area contributed by atoms with E-state index >= 15 is 0 Å². The number of aryl methyl sites for hydroxylation is 1. The van der Waals surface area contributed by atoms with Gasteiger partial charge in [-0.25, -0.2) is 10.1 Å². The van der Waals surface area contributed by atoms with Gasteiger partial charge < -0.3 is 4.42 Å². The number of carbonyl (C=O) groups excluding carboxylic acids is 1. The number of hydrogen-bond donors (Lipinski definition) is 1. The third kappa shape index (κ3) is 4.01. The fourth-order valence-corrected chi connectivity index (χ4v) is 2.94. The predicted molar refractivity (Wildman–Crippen MR) is 112 cm³/mol. The zero-order valence-corrected chi connectivity index (χ0v) is 16.2. The molecule has 2 heterocycles. The van der Waals surface area contributed by atoms with Crippen LogP contribution in [0.15, 0.2) is 88.5 Å². The standard InChI is InChI=1S/C23H20N4O2/c1-16-13-14-21(29-16)17(2)24-25-23(28)20-15-27(19-11-7-4-8-12-19)26-22(20)18-9-5-3-6-10-18/h3-15H,1-2H3,(H,25,28)/b24-17-. The van der Waals surface area contributed by atoms with Crippen LogP contribution < -0.4 is 5.43 Å². The minimum Gasteiger partial charge on any atom is -0.460 e. The van der Waals surface area contributed by atoms with Gasteiger partial charge in [0.05, 0.1) is 11.3 Å². The van der Waals surface area contributed by atoms with Crippen molar-refractivity contribution in [3.63, 3.8) is 0 Å². The molecule has 29 heavy (non-hydrogen) atoms. The zero-order valence-electron chi connectivity index (χ0n) is 16.2.